The van der Waals surface area contributed by atoms with Gasteiger partial charge in [0.05, 0.1) is 0 Å². The molecule has 0 bridgehead atoms. The van der Waals surface area contributed by atoms with Crippen molar-refractivity contribution >= 4 is 21.8 Å². The van der Waals surface area contributed by atoms with Crippen molar-refractivity contribution in [3.63, 3.8) is 0 Å². The summed E-state index contributed by atoms with van der Waals surface area (Å²) in [4.78, 5) is 17.9. The monoisotopic (exact) mass is 439 g/mol. The van der Waals surface area contributed by atoms with Crippen LogP contribution in [-0.2, 0) is 12.8 Å². The molecule has 0 aliphatic rings. The molecule has 3 aromatic rings. The number of H-pyrrole nitrogens is 1. The fourth-order valence-electron chi connectivity index (χ4n) is 3.24. The second-order valence-electron chi connectivity index (χ2n) is 7.12. The predicted molar refractivity (Wildman–Crippen MR) is 118 cm³/mol. The molecule has 0 fully saturated rings. The van der Waals surface area contributed by atoms with Crippen molar-refractivity contribution in [1.82, 2.24) is 15.2 Å². The minimum Gasteiger partial charge on any atom is -0.354 e. The molecule has 0 saturated heterocycles. The Hall–Kier alpha value is -2.37. The molecule has 1 aromatic heterocycles. The molecular formula is C23H26BrN3O. The van der Waals surface area contributed by atoms with Crippen LogP contribution in [0.3, 0.4) is 0 Å². The molecule has 4 nitrogen and oxygen atoms in total. The van der Waals surface area contributed by atoms with Crippen molar-refractivity contribution in [2.24, 2.45) is 0 Å². The first kappa shape index (κ1) is 20.4. The molecule has 28 heavy (non-hydrogen) atoms. The Kier molecular flexibility index (Phi) is 7.06. The van der Waals surface area contributed by atoms with Gasteiger partial charge in [-0.2, -0.15) is 0 Å². The molecule has 0 spiro atoms. The zero-order chi connectivity index (χ0) is 19.9. The first-order valence-corrected chi connectivity index (χ1v) is 10.2. The van der Waals surface area contributed by atoms with Gasteiger partial charge in [-0.15, -0.1) is 0 Å². The van der Waals surface area contributed by atoms with Crippen LogP contribution in [0.2, 0.25) is 0 Å². The van der Waals surface area contributed by atoms with E-state index in [-0.39, 0.29) is 11.9 Å². The minimum absolute atomic E-state index is 0.0628. The molecule has 3 rings (SSSR count). The minimum atomic E-state index is -0.0628. The highest BCUT2D eigenvalue weighted by Crippen LogP contribution is 2.24. The van der Waals surface area contributed by atoms with Gasteiger partial charge in [-0.05, 0) is 55.9 Å². The van der Waals surface area contributed by atoms with Crippen LogP contribution in [0.25, 0.3) is 0 Å². The number of aromatic amines is 1. The molecule has 1 atom stereocenters. The summed E-state index contributed by atoms with van der Waals surface area (Å²) in [5, 5.41) is 2.99. The van der Waals surface area contributed by atoms with Crippen molar-refractivity contribution < 1.29 is 4.79 Å². The molecule has 5 heteroatoms. The van der Waals surface area contributed by atoms with E-state index >= 15 is 0 Å². The smallest absolute Gasteiger partial charge is 0.267 e. The third-order valence-corrected chi connectivity index (χ3v) is 5.35. The van der Waals surface area contributed by atoms with E-state index in [1.807, 2.05) is 30.3 Å². The average molecular weight is 440 g/mol. The quantitative estimate of drug-likeness (QED) is 0.538. The number of hydrogen-bond acceptors (Lipinski definition) is 2. The number of benzene rings is 2. The van der Waals surface area contributed by atoms with E-state index in [1.165, 1.54) is 11.1 Å². The first-order valence-electron chi connectivity index (χ1n) is 9.45. The van der Waals surface area contributed by atoms with Gasteiger partial charge in [0.2, 0.25) is 0 Å². The lowest BCUT2D eigenvalue weighted by Gasteiger charge is -2.24. The van der Waals surface area contributed by atoms with Crippen molar-refractivity contribution in [3.8, 4) is 0 Å². The van der Waals surface area contributed by atoms with Gasteiger partial charge in [-0.25, -0.2) is 0 Å². The maximum Gasteiger partial charge on any atom is 0.267 e. The summed E-state index contributed by atoms with van der Waals surface area (Å²) in [6.07, 6.45) is 1.64. The Balaban J connectivity index is 1.59. The standard InChI is InChI=1S/C23H26BrN3O/c1-27(2)22(18-8-10-19(24)11-9-18)16-20-12-13-21(26-20)23(28)25-15-14-17-6-4-3-5-7-17/h3-13,22,26H,14-16H2,1-2H3,(H,25,28). The molecular weight excluding hydrogens is 414 g/mol. The summed E-state index contributed by atoms with van der Waals surface area (Å²) in [5.74, 6) is -0.0628. The van der Waals surface area contributed by atoms with Crippen LogP contribution >= 0.6 is 15.9 Å². The number of halogens is 1. The van der Waals surface area contributed by atoms with Crippen molar-refractivity contribution in [3.05, 3.63) is 93.7 Å². The lowest BCUT2D eigenvalue weighted by Crippen LogP contribution is -2.26. The Morgan fingerprint density at radius 3 is 2.43 bits per heavy atom. The summed E-state index contributed by atoms with van der Waals surface area (Å²) in [7, 11) is 4.15. The summed E-state index contributed by atoms with van der Waals surface area (Å²) in [6.45, 7) is 0.621. The third kappa shape index (κ3) is 5.57. The van der Waals surface area contributed by atoms with Gasteiger partial charge < -0.3 is 15.2 Å². The normalized spacial score (nSPS) is 12.1. The van der Waals surface area contributed by atoms with Crippen LogP contribution in [-0.4, -0.2) is 36.4 Å². The van der Waals surface area contributed by atoms with E-state index < -0.39 is 0 Å². The summed E-state index contributed by atoms with van der Waals surface area (Å²) in [5.41, 5.74) is 4.13. The average Bonchev–Trinajstić information content (AvgIpc) is 3.16. The molecule has 0 aliphatic carbocycles. The highest BCUT2D eigenvalue weighted by atomic mass is 79.9. The lowest BCUT2D eigenvalue weighted by molar-refractivity contribution is 0.0949. The van der Waals surface area contributed by atoms with Gasteiger partial charge in [0.25, 0.3) is 5.91 Å². The second-order valence-corrected chi connectivity index (χ2v) is 8.04. The van der Waals surface area contributed by atoms with Gasteiger partial charge in [-0.1, -0.05) is 58.4 Å². The highest BCUT2D eigenvalue weighted by Gasteiger charge is 2.17. The number of nitrogens with one attached hydrogen (secondary N) is 2. The summed E-state index contributed by atoms with van der Waals surface area (Å²) < 4.78 is 1.07. The molecule has 146 valence electrons. The van der Waals surface area contributed by atoms with Crippen LogP contribution in [0, 0.1) is 0 Å². The maximum atomic E-state index is 12.4. The van der Waals surface area contributed by atoms with Gasteiger partial charge in [0.1, 0.15) is 5.69 Å². The van der Waals surface area contributed by atoms with E-state index in [4.69, 9.17) is 0 Å². The largest absolute Gasteiger partial charge is 0.354 e. The van der Waals surface area contributed by atoms with Crippen LogP contribution in [0.15, 0.2) is 71.2 Å². The third-order valence-electron chi connectivity index (χ3n) is 4.82. The number of hydrogen-bond donors (Lipinski definition) is 2. The molecule has 1 unspecified atom stereocenters. The number of amides is 1. The molecule has 0 radical (unpaired) electrons. The summed E-state index contributed by atoms with van der Waals surface area (Å²) >= 11 is 3.49. The van der Waals surface area contributed by atoms with Crippen molar-refractivity contribution in [2.75, 3.05) is 20.6 Å². The molecule has 2 aromatic carbocycles. The number of aromatic nitrogens is 1. The van der Waals surface area contributed by atoms with E-state index in [0.717, 1.165) is 23.0 Å². The number of carbonyl (C=O) groups is 1. The SMILES string of the molecule is CN(C)C(Cc1ccc(C(=O)NCCc2ccccc2)[nH]1)c1ccc(Br)cc1. The highest BCUT2D eigenvalue weighted by molar-refractivity contribution is 9.10. The van der Waals surface area contributed by atoms with E-state index in [9.17, 15) is 4.79 Å². The Morgan fingerprint density at radius 2 is 1.75 bits per heavy atom. The second kappa shape index (κ2) is 9.71. The Bertz CT molecular complexity index is 888. The fraction of sp³-hybridized carbons (Fsp3) is 0.261. The molecule has 0 aliphatic heterocycles. The summed E-state index contributed by atoms with van der Waals surface area (Å²) in [6, 6.07) is 22.7. The van der Waals surface area contributed by atoms with Crippen LogP contribution in [0.5, 0.6) is 0 Å². The first-order chi connectivity index (χ1) is 13.5. The molecule has 2 N–H and O–H groups in total. The predicted octanol–water partition coefficient (Wildman–Crippen LogP) is 4.60. The molecule has 1 heterocycles. The Morgan fingerprint density at radius 1 is 1.04 bits per heavy atom. The van der Waals surface area contributed by atoms with Crippen LogP contribution < -0.4 is 5.32 Å². The van der Waals surface area contributed by atoms with Crippen molar-refractivity contribution in [2.45, 2.75) is 18.9 Å². The van der Waals surface area contributed by atoms with E-state index in [1.54, 1.807) is 0 Å². The number of likely N-dealkylation sites (N-methyl/N-ethyl adjacent to an activating group) is 1. The van der Waals surface area contributed by atoms with E-state index in [0.29, 0.717) is 12.2 Å². The topological polar surface area (TPSA) is 48.1 Å². The molecule has 1 amide bonds. The Labute approximate surface area is 175 Å². The van der Waals surface area contributed by atoms with Gasteiger partial charge in [-0.3, -0.25) is 4.79 Å². The van der Waals surface area contributed by atoms with Crippen LogP contribution in [0.4, 0.5) is 0 Å². The maximum absolute atomic E-state index is 12.4. The molecule has 0 saturated carbocycles. The van der Waals surface area contributed by atoms with E-state index in [2.05, 4.69) is 81.6 Å². The fourth-order valence-corrected chi connectivity index (χ4v) is 3.51. The zero-order valence-corrected chi connectivity index (χ0v) is 17.9. The van der Waals surface area contributed by atoms with Crippen LogP contribution in [0.1, 0.15) is 33.4 Å². The number of nitrogens with zero attached hydrogens (tertiary/aromatic N) is 1. The van der Waals surface area contributed by atoms with Gasteiger partial charge in [0, 0.05) is 29.2 Å². The van der Waals surface area contributed by atoms with Crippen molar-refractivity contribution in [1.29, 1.82) is 0 Å². The zero-order valence-electron chi connectivity index (χ0n) is 16.3. The van der Waals surface area contributed by atoms with Gasteiger partial charge >= 0.3 is 0 Å². The number of carbonyl (C=O) groups excluding carboxylic acids is 1. The number of rotatable bonds is 8. The lowest BCUT2D eigenvalue weighted by atomic mass is 10.0. The van der Waals surface area contributed by atoms with Gasteiger partial charge in [0.15, 0.2) is 0 Å².